The van der Waals surface area contributed by atoms with E-state index in [-0.39, 0.29) is 11.5 Å². The monoisotopic (exact) mass is 251 g/mol. The molecule has 0 aromatic carbocycles. The molecule has 8 heteroatoms. The summed E-state index contributed by atoms with van der Waals surface area (Å²) in [7, 11) is 1.29. The molecule has 0 aliphatic carbocycles. The highest BCUT2D eigenvalue weighted by atomic mass is 16.5. The molecule has 0 aliphatic heterocycles. The van der Waals surface area contributed by atoms with Gasteiger partial charge in [-0.05, 0) is 6.92 Å². The summed E-state index contributed by atoms with van der Waals surface area (Å²) >= 11 is 0. The number of hydrogen-bond acceptors (Lipinski definition) is 7. The second-order valence-corrected chi connectivity index (χ2v) is 3.63. The van der Waals surface area contributed by atoms with E-state index in [1.807, 2.05) is 0 Å². The van der Waals surface area contributed by atoms with Crippen LogP contribution in [-0.4, -0.2) is 32.8 Å². The van der Waals surface area contributed by atoms with Crippen LogP contribution in [0.15, 0.2) is 10.9 Å². The molecule has 2 N–H and O–H groups in total. The van der Waals surface area contributed by atoms with E-state index >= 15 is 0 Å². The number of carbonyl (C=O) groups is 1. The molecule has 96 valence electrons. The van der Waals surface area contributed by atoms with E-state index in [9.17, 15) is 4.79 Å². The minimum atomic E-state index is -0.547. The molecule has 18 heavy (non-hydrogen) atoms. The number of ether oxygens (including phenoxy) is 1. The number of hydrogen-bond donors (Lipinski definition) is 1. The third kappa shape index (κ3) is 2.17. The van der Waals surface area contributed by atoms with Crippen LogP contribution < -0.4 is 5.73 Å². The van der Waals surface area contributed by atoms with Crippen LogP contribution in [0.2, 0.25) is 0 Å². The number of nitrogen functional groups attached to an aromatic ring is 1. The second-order valence-electron chi connectivity index (χ2n) is 3.63. The zero-order chi connectivity index (χ0) is 13.1. The molecule has 8 nitrogen and oxygen atoms in total. The maximum Gasteiger partial charge on any atom is 0.360 e. The topological polar surface area (TPSA) is 109 Å². The largest absolute Gasteiger partial charge is 0.464 e. The lowest BCUT2D eigenvalue weighted by Gasteiger charge is -2.05. The number of nitrogens with two attached hydrogens (primary N) is 1. The molecule has 2 aromatic heterocycles. The van der Waals surface area contributed by atoms with Gasteiger partial charge in [0.15, 0.2) is 11.5 Å². The molecule has 0 unspecified atom stereocenters. The highest BCUT2D eigenvalue weighted by molar-refractivity contribution is 5.92. The quantitative estimate of drug-likeness (QED) is 0.772. The Morgan fingerprint density at radius 2 is 2.39 bits per heavy atom. The SMILES string of the molecule is COC(=O)c1nc(C)n(CCc2ncon2)c1N. The molecule has 0 atom stereocenters. The van der Waals surface area contributed by atoms with Crippen molar-refractivity contribution in [2.24, 2.45) is 0 Å². The van der Waals surface area contributed by atoms with Crippen molar-refractivity contribution in [3.8, 4) is 0 Å². The standard InChI is InChI=1S/C10H13N5O3/c1-6-13-8(10(16)17-2)9(11)15(6)4-3-7-12-5-18-14-7/h5H,3-4,11H2,1-2H3. The summed E-state index contributed by atoms with van der Waals surface area (Å²) in [6.07, 6.45) is 1.80. The third-order valence-electron chi connectivity index (χ3n) is 2.54. The summed E-state index contributed by atoms with van der Waals surface area (Å²) in [5, 5.41) is 3.70. The average Bonchev–Trinajstić information content (AvgIpc) is 2.96. The molecule has 0 fully saturated rings. The van der Waals surface area contributed by atoms with Gasteiger partial charge >= 0.3 is 5.97 Å². The molecule has 0 bridgehead atoms. The molecule has 2 aromatic rings. The first kappa shape index (κ1) is 12.1. The number of methoxy groups -OCH3 is 1. The van der Waals surface area contributed by atoms with Crippen molar-refractivity contribution in [2.45, 2.75) is 19.9 Å². The number of aryl methyl sites for hydroxylation is 2. The minimum absolute atomic E-state index is 0.128. The highest BCUT2D eigenvalue weighted by Gasteiger charge is 2.19. The Hall–Kier alpha value is -2.38. The smallest absolute Gasteiger partial charge is 0.360 e. The first-order valence-corrected chi connectivity index (χ1v) is 5.29. The molecule has 0 amide bonds. The summed E-state index contributed by atoms with van der Waals surface area (Å²) in [5.41, 5.74) is 5.98. The van der Waals surface area contributed by atoms with Gasteiger partial charge in [0.25, 0.3) is 0 Å². The molecule has 0 saturated carbocycles. The Bertz CT molecular complexity index is 546. The third-order valence-corrected chi connectivity index (χ3v) is 2.54. The number of anilines is 1. The van der Waals surface area contributed by atoms with Crippen LogP contribution in [-0.2, 0) is 17.7 Å². The number of rotatable bonds is 4. The Labute approximate surface area is 103 Å². The second kappa shape index (κ2) is 4.86. The van der Waals surface area contributed by atoms with Gasteiger partial charge in [-0.1, -0.05) is 5.16 Å². The van der Waals surface area contributed by atoms with Crippen molar-refractivity contribution in [1.29, 1.82) is 0 Å². The van der Waals surface area contributed by atoms with Crippen LogP contribution in [0.1, 0.15) is 22.1 Å². The summed E-state index contributed by atoms with van der Waals surface area (Å²) in [4.78, 5) is 19.4. The summed E-state index contributed by atoms with van der Waals surface area (Å²) in [6.45, 7) is 2.28. The fourth-order valence-electron chi connectivity index (χ4n) is 1.63. The summed E-state index contributed by atoms with van der Waals surface area (Å²) in [6, 6.07) is 0. The first-order valence-electron chi connectivity index (χ1n) is 5.29. The van der Waals surface area contributed by atoms with E-state index in [0.29, 0.717) is 24.6 Å². The fourth-order valence-corrected chi connectivity index (χ4v) is 1.63. The van der Waals surface area contributed by atoms with Gasteiger partial charge in [-0.25, -0.2) is 9.78 Å². The summed E-state index contributed by atoms with van der Waals surface area (Å²) in [5.74, 6) is 0.940. The van der Waals surface area contributed by atoms with Gasteiger partial charge in [0, 0.05) is 13.0 Å². The fraction of sp³-hybridized carbons (Fsp3) is 0.400. The van der Waals surface area contributed by atoms with E-state index in [2.05, 4.69) is 24.4 Å². The van der Waals surface area contributed by atoms with Gasteiger partial charge in [-0.15, -0.1) is 0 Å². The lowest BCUT2D eigenvalue weighted by atomic mass is 10.4. The molecule has 0 saturated heterocycles. The van der Waals surface area contributed by atoms with Gasteiger partial charge in [0.05, 0.1) is 7.11 Å². The van der Waals surface area contributed by atoms with E-state index in [4.69, 9.17) is 5.73 Å². The Morgan fingerprint density at radius 3 is 3.00 bits per heavy atom. The Kier molecular flexibility index (Phi) is 3.26. The number of esters is 1. The first-order chi connectivity index (χ1) is 8.63. The van der Waals surface area contributed by atoms with Crippen LogP contribution in [0.25, 0.3) is 0 Å². The Morgan fingerprint density at radius 1 is 1.61 bits per heavy atom. The van der Waals surface area contributed by atoms with E-state index in [1.165, 1.54) is 13.5 Å². The minimum Gasteiger partial charge on any atom is -0.464 e. The van der Waals surface area contributed by atoms with E-state index < -0.39 is 5.97 Å². The predicted octanol–water partition coefficient (Wildman–Crippen LogP) is 0.186. The van der Waals surface area contributed by atoms with Crippen molar-refractivity contribution in [3.05, 3.63) is 23.7 Å². The highest BCUT2D eigenvalue weighted by Crippen LogP contribution is 2.15. The maximum atomic E-state index is 11.4. The van der Waals surface area contributed by atoms with Gasteiger partial charge in [-0.2, -0.15) is 4.98 Å². The lowest BCUT2D eigenvalue weighted by molar-refractivity contribution is 0.0595. The van der Waals surface area contributed by atoms with Crippen molar-refractivity contribution in [1.82, 2.24) is 19.7 Å². The normalized spacial score (nSPS) is 10.6. The number of nitrogens with zero attached hydrogens (tertiary/aromatic N) is 4. The zero-order valence-corrected chi connectivity index (χ0v) is 10.1. The molecule has 0 aliphatic rings. The van der Waals surface area contributed by atoms with Crippen LogP contribution in [0.3, 0.4) is 0 Å². The average molecular weight is 251 g/mol. The molecule has 0 radical (unpaired) electrons. The molecule has 2 rings (SSSR count). The van der Waals surface area contributed by atoms with Crippen LogP contribution in [0.5, 0.6) is 0 Å². The van der Waals surface area contributed by atoms with E-state index in [0.717, 1.165) is 0 Å². The van der Waals surface area contributed by atoms with Gasteiger partial charge in [0.1, 0.15) is 11.6 Å². The summed E-state index contributed by atoms with van der Waals surface area (Å²) < 4.78 is 10.9. The number of aromatic nitrogens is 4. The predicted molar refractivity (Wildman–Crippen MR) is 60.7 cm³/mol. The van der Waals surface area contributed by atoms with Crippen molar-refractivity contribution < 1.29 is 14.1 Å². The Balaban J connectivity index is 2.18. The van der Waals surface area contributed by atoms with Crippen LogP contribution >= 0.6 is 0 Å². The van der Waals surface area contributed by atoms with Crippen molar-refractivity contribution in [2.75, 3.05) is 12.8 Å². The maximum absolute atomic E-state index is 11.4. The molecular formula is C10H13N5O3. The van der Waals surface area contributed by atoms with Crippen LogP contribution in [0.4, 0.5) is 5.82 Å². The van der Waals surface area contributed by atoms with Gasteiger partial charge in [-0.3, -0.25) is 0 Å². The van der Waals surface area contributed by atoms with Gasteiger partial charge < -0.3 is 19.6 Å². The van der Waals surface area contributed by atoms with Crippen molar-refractivity contribution >= 4 is 11.8 Å². The number of carbonyl (C=O) groups excluding carboxylic acids is 1. The van der Waals surface area contributed by atoms with Crippen LogP contribution in [0, 0.1) is 6.92 Å². The van der Waals surface area contributed by atoms with E-state index in [1.54, 1.807) is 11.5 Å². The molecule has 2 heterocycles. The molecular weight excluding hydrogens is 238 g/mol. The lowest BCUT2D eigenvalue weighted by Crippen LogP contribution is -2.10. The zero-order valence-electron chi connectivity index (χ0n) is 10.1. The number of imidazole rings is 1. The van der Waals surface area contributed by atoms with Gasteiger partial charge in [0.2, 0.25) is 6.39 Å². The van der Waals surface area contributed by atoms with Crippen molar-refractivity contribution in [3.63, 3.8) is 0 Å². The molecule has 0 spiro atoms.